The number of hydrogen-bond donors (Lipinski definition) is 3. The fourth-order valence-corrected chi connectivity index (χ4v) is 2.33. The van der Waals surface area contributed by atoms with Crippen LogP contribution in [0.1, 0.15) is 21.1 Å². The monoisotopic (exact) mass is 297 g/mol. The highest BCUT2D eigenvalue weighted by Crippen LogP contribution is 2.17. The van der Waals surface area contributed by atoms with E-state index in [4.69, 9.17) is 17.4 Å². The van der Waals surface area contributed by atoms with E-state index >= 15 is 0 Å². The van der Waals surface area contributed by atoms with Crippen molar-refractivity contribution in [2.45, 2.75) is 13.5 Å². The van der Waals surface area contributed by atoms with Crippen LogP contribution in [-0.4, -0.2) is 15.9 Å². The van der Waals surface area contributed by atoms with Gasteiger partial charge in [-0.25, -0.2) is 15.8 Å². The van der Waals surface area contributed by atoms with Gasteiger partial charge in [-0.15, -0.1) is 11.3 Å². The van der Waals surface area contributed by atoms with Crippen LogP contribution in [-0.2, 0) is 6.54 Å². The maximum Gasteiger partial charge on any atom is 0.271 e. The van der Waals surface area contributed by atoms with Crippen molar-refractivity contribution < 1.29 is 4.79 Å². The number of carbonyl (C=O) groups is 1. The molecule has 19 heavy (non-hydrogen) atoms. The normalized spacial score (nSPS) is 10.3. The van der Waals surface area contributed by atoms with Gasteiger partial charge in [0.15, 0.2) is 0 Å². The summed E-state index contributed by atoms with van der Waals surface area (Å²) in [5.74, 6) is 5.27. The molecule has 0 unspecified atom stereocenters. The summed E-state index contributed by atoms with van der Waals surface area (Å²) < 4.78 is 0. The average molecular weight is 298 g/mol. The number of rotatable bonds is 4. The summed E-state index contributed by atoms with van der Waals surface area (Å²) in [6.45, 7) is 2.29. The minimum atomic E-state index is -0.352. The van der Waals surface area contributed by atoms with Crippen LogP contribution >= 0.6 is 22.9 Å². The number of nitrogens with two attached hydrogens (primary N) is 1. The number of nitrogen functional groups attached to an aromatic ring is 1. The molecular formula is C11H12ClN5OS. The van der Waals surface area contributed by atoms with Gasteiger partial charge in [-0.2, -0.15) is 0 Å². The lowest BCUT2D eigenvalue weighted by Gasteiger charge is -2.07. The number of hydrogen-bond acceptors (Lipinski definition) is 6. The minimum Gasteiger partial charge on any atom is -0.346 e. The summed E-state index contributed by atoms with van der Waals surface area (Å²) in [5.41, 5.74) is 5.15. The number of amides is 1. The predicted molar refractivity (Wildman–Crippen MR) is 75.1 cm³/mol. The Balaban J connectivity index is 2.10. The zero-order valence-corrected chi connectivity index (χ0v) is 11.7. The summed E-state index contributed by atoms with van der Waals surface area (Å²) in [7, 11) is 0. The number of aromatic nitrogens is 2. The molecule has 2 aromatic heterocycles. The minimum absolute atomic E-state index is 0.138. The zero-order valence-electron chi connectivity index (χ0n) is 10.1. The molecule has 2 aromatic rings. The summed E-state index contributed by atoms with van der Waals surface area (Å²) in [4.78, 5) is 21.1. The Labute approximate surface area is 119 Å². The van der Waals surface area contributed by atoms with Crippen LogP contribution in [0, 0.1) is 6.92 Å². The Kier molecular flexibility index (Phi) is 4.31. The van der Waals surface area contributed by atoms with Crippen LogP contribution in [0.2, 0.25) is 5.02 Å². The predicted octanol–water partition coefficient (Wildman–Crippen LogP) is 1.72. The van der Waals surface area contributed by atoms with Gasteiger partial charge in [-0.05, 0) is 19.1 Å². The number of anilines is 1. The number of nitrogens with zero attached hydrogens (tertiary/aromatic N) is 2. The maximum atomic E-state index is 12.0. The third kappa shape index (κ3) is 3.19. The largest absolute Gasteiger partial charge is 0.346 e. The Morgan fingerprint density at radius 1 is 1.53 bits per heavy atom. The van der Waals surface area contributed by atoms with Gasteiger partial charge in [0.05, 0.1) is 22.8 Å². The second kappa shape index (κ2) is 5.96. The van der Waals surface area contributed by atoms with E-state index in [1.165, 1.54) is 11.3 Å². The van der Waals surface area contributed by atoms with Crippen LogP contribution in [0.25, 0.3) is 0 Å². The zero-order chi connectivity index (χ0) is 13.8. The quantitative estimate of drug-likeness (QED) is 0.590. The Morgan fingerprint density at radius 2 is 2.32 bits per heavy atom. The number of thiazole rings is 1. The molecule has 0 aliphatic carbocycles. The molecule has 8 heteroatoms. The molecule has 6 nitrogen and oxygen atoms in total. The summed E-state index contributed by atoms with van der Waals surface area (Å²) in [6, 6.07) is 3.16. The van der Waals surface area contributed by atoms with Gasteiger partial charge in [0.1, 0.15) is 11.5 Å². The second-order valence-electron chi connectivity index (χ2n) is 3.71. The number of hydrazine groups is 1. The molecule has 0 aliphatic heterocycles. The summed E-state index contributed by atoms with van der Waals surface area (Å²) in [5, 5.41) is 3.03. The van der Waals surface area contributed by atoms with E-state index in [1.54, 1.807) is 17.6 Å². The van der Waals surface area contributed by atoms with E-state index in [-0.39, 0.29) is 16.6 Å². The van der Waals surface area contributed by atoms with Gasteiger partial charge in [-0.1, -0.05) is 11.6 Å². The molecule has 0 saturated heterocycles. The molecule has 2 heterocycles. The van der Waals surface area contributed by atoms with Crippen LogP contribution in [0.4, 0.5) is 5.82 Å². The molecule has 0 atom stereocenters. The molecule has 0 fully saturated rings. The first-order chi connectivity index (χ1) is 9.11. The number of pyridine rings is 1. The van der Waals surface area contributed by atoms with Crippen LogP contribution in [0.5, 0.6) is 0 Å². The highest BCUT2D eigenvalue weighted by atomic mass is 35.5. The molecule has 0 aromatic carbocycles. The van der Waals surface area contributed by atoms with E-state index in [1.807, 2.05) is 6.92 Å². The van der Waals surface area contributed by atoms with Crippen LogP contribution < -0.4 is 16.6 Å². The highest BCUT2D eigenvalue weighted by Gasteiger charge is 2.13. The standard InChI is InChI=1S/C11H12ClN5OS/c1-6-8(19-5-15-6)4-14-11(18)10-7(12)2-3-9(16-10)17-13/h2-3,5H,4,13H2,1H3,(H,14,18)(H,16,17). The Morgan fingerprint density at radius 3 is 2.95 bits per heavy atom. The van der Waals surface area contributed by atoms with Crippen molar-refractivity contribution in [3.63, 3.8) is 0 Å². The molecule has 2 rings (SSSR count). The third-order valence-corrected chi connectivity index (χ3v) is 3.70. The molecule has 0 aliphatic rings. The van der Waals surface area contributed by atoms with Crippen molar-refractivity contribution in [1.82, 2.24) is 15.3 Å². The Bertz CT molecular complexity index is 601. The first kappa shape index (κ1) is 13.7. The number of nitrogens with one attached hydrogen (secondary N) is 2. The van der Waals surface area contributed by atoms with Crippen molar-refractivity contribution in [2.24, 2.45) is 5.84 Å². The van der Waals surface area contributed by atoms with Gasteiger partial charge < -0.3 is 10.7 Å². The summed E-state index contributed by atoms with van der Waals surface area (Å²) >= 11 is 7.43. The lowest BCUT2D eigenvalue weighted by Crippen LogP contribution is -2.24. The van der Waals surface area contributed by atoms with Gasteiger partial charge in [0.2, 0.25) is 0 Å². The van der Waals surface area contributed by atoms with E-state index in [2.05, 4.69) is 20.7 Å². The van der Waals surface area contributed by atoms with E-state index in [9.17, 15) is 4.79 Å². The molecule has 0 bridgehead atoms. The number of halogens is 1. The van der Waals surface area contributed by atoms with Gasteiger partial charge >= 0.3 is 0 Å². The molecule has 4 N–H and O–H groups in total. The van der Waals surface area contributed by atoms with Gasteiger partial charge in [0.25, 0.3) is 5.91 Å². The topological polar surface area (TPSA) is 92.9 Å². The highest BCUT2D eigenvalue weighted by molar-refractivity contribution is 7.09. The van der Waals surface area contributed by atoms with Crippen molar-refractivity contribution in [3.05, 3.63) is 38.9 Å². The van der Waals surface area contributed by atoms with Crippen molar-refractivity contribution >= 4 is 34.7 Å². The molecule has 1 amide bonds. The Hall–Kier alpha value is -1.70. The third-order valence-electron chi connectivity index (χ3n) is 2.46. The van der Waals surface area contributed by atoms with Crippen molar-refractivity contribution in [2.75, 3.05) is 5.43 Å². The first-order valence-corrected chi connectivity index (χ1v) is 6.68. The first-order valence-electron chi connectivity index (χ1n) is 5.42. The van der Waals surface area contributed by atoms with Gasteiger partial charge in [0, 0.05) is 4.88 Å². The smallest absolute Gasteiger partial charge is 0.271 e. The fraction of sp³-hybridized carbons (Fsp3) is 0.182. The lowest BCUT2D eigenvalue weighted by atomic mass is 10.3. The van der Waals surface area contributed by atoms with E-state index in [0.29, 0.717) is 12.4 Å². The molecule has 100 valence electrons. The number of aryl methyl sites for hydroxylation is 1. The molecular weight excluding hydrogens is 286 g/mol. The SMILES string of the molecule is Cc1ncsc1CNC(=O)c1nc(NN)ccc1Cl. The average Bonchev–Trinajstić information content (AvgIpc) is 2.82. The van der Waals surface area contributed by atoms with Crippen molar-refractivity contribution in [1.29, 1.82) is 0 Å². The van der Waals surface area contributed by atoms with Crippen LogP contribution in [0.15, 0.2) is 17.6 Å². The molecule has 0 spiro atoms. The lowest BCUT2D eigenvalue weighted by molar-refractivity contribution is 0.0946. The molecule has 0 radical (unpaired) electrons. The van der Waals surface area contributed by atoms with E-state index < -0.39 is 0 Å². The van der Waals surface area contributed by atoms with E-state index in [0.717, 1.165) is 10.6 Å². The molecule has 0 saturated carbocycles. The fourth-order valence-electron chi connectivity index (χ4n) is 1.42. The maximum absolute atomic E-state index is 12.0. The van der Waals surface area contributed by atoms with Gasteiger partial charge in [-0.3, -0.25) is 4.79 Å². The number of carbonyl (C=O) groups excluding carboxylic acids is 1. The summed E-state index contributed by atoms with van der Waals surface area (Å²) in [6.07, 6.45) is 0. The van der Waals surface area contributed by atoms with Crippen molar-refractivity contribution in [3.8, 4) is 0 Å². The van der Waals surface area contributed by atoms with Crippen LogP contribution in [0.3, 0.4) is 0 Å². The second-order valence-corrected chi connectivity index (χ2v) is 5.06.